The minimum absolute atomic E-state index is 0.0504. The number of benzene rings is 1. The first-order valence-electron chi connectivity index (χ1n) is 6.09. The molecule has 0 saturated heterocycles. The first-order valence-corrected chi connectivity index (χ1v) is 6.09. The molecule has 0 fully saturated rings. The molecule has 2 aromatic rings. The second-order valence-electron chi connectivity index (χ2n) is 4.21. The minimum Gasteiger partial charge on any atom is -0.543 e. The Balaban J connectivity index is 2.30. The van der Waals surface area contributed by atoms with Crippen LogP contribution >= 0.6 is 0 Å². The Bertz CT molecular complexity index is 564. The monoisotopic (exact) mass is 256 g/mol. The number of carbonyl (C=O) groups is 1. The first kappa shape index (κ1) is 13.2. The molecule has 0 unspecified atom stereocenters. The Morgan fingerprint density at radius 2 is 1.95 bits per heavy atom. The molecule has 4 nitrogen and oxygen atoms in total. The van der Waals surface area contributed by atoms with Gasteiger partial charge in [0.25, 0.3) is 0 Å². The number of aromatic carboxylic acids is 1. The highest BCUT2D eigenvalue weighted by Gasteiger charge is 2.06. The van der Waals surface area contributed by atoms with Crippen molar-refractivity contribution in [1.29, 1.82) is 0 Å². The summed E-state index contributed by atoms with van der Waals surface area (Å²) in [4.78, 5) is 14.8. The maximum Gasteiger partial charge on any atom is 0.0935 e. The quantitative estimate of drug-likeness (QED) is 0.867. The van der Waals surface area contributed by atoms with Crippen molar-refractivity contribution < 1.29 is 15.0 Å². The fraction of sp³-hybridized carbons (Fsp3) is 0.200. The van der Waals surface area contributed by atoms with Crippen LogP contribution in [0.25, 0.3) is 11.1 Å². The molecule has 0 radical (unpaired) electrons. The zero-order valence-electron chi connectivity index (χ0n) is 10.4. The molecule has 1 N–H and O–H groups in total. The Labute approximate surface area is 111 Å². The van der Waals surface area contributed by atoms with Crippen LogP contribution in [0.4, 0.5) is 0 Å². The van der Waals surface area contributed by atoms with Crippen LogP contribution in [0, 0.1) is 0 Å². The number of hydrogen-bond donors (Lipinski definition) is 1. The van der Waals surface area contributed by atoms with Gasteiger partial charge in [0, 0.05) is 18.4 Å². The predicted molar refractivity (Wildman–Crippen MR) is 69.4 cm³/mol. The highest BCUT2D eigenvalue weighted by molar-refractivity contribution is 5.92. The third-order valence-corrected chi connectivity index (χ3v) is 2.89. The van der Waals surface area contributed by atoms with E-state index in [1.807, 2.05) is 24.3 Å². The predicted octanol–water partition coefficient (Wildman–Crippen LogP) is 1.04. The topological polar surface area (TPSA) is 73.2 Å². The first-order chi connectivity index (χ1) is 9.22. The molecule has 1 aromatic carbocycles. The second kappa shape index (κ2) is 6.11. The molecule has 0 aliphatic rings. The minimum atomic E-state index is -1.28. The lowest BCUT2D eigenvalue weighted by Crippen LogP contribution is -2.24. The van der Waals surface area contributed by atoms with E-state index in [1.54, 1.807) is 12.1 Å². The summed E-state index contributed by atoms with van der Waals surface area (Å²) in [6, 6.07) is 11.0. The maximum atomic E-state index is 11.0. The third kappa shape index (κ3) is 3.17. The van der Waals surface area contributed by atoms with Gasteiger partial charge in [0.05, 0.1) is 11.7 Å². The Kier molecular flexibility index (Phi) is 4.26. The summed E-state index contributed by atoms with van der Waals surface area (Å²) >= 11 is 0. The Morgan fingerprint density at radius 3 is 2.58 bits per heavy atom. The highest BCUT2D eigenvalue weighted by Crippen LogP contribution is 2.22. The van der Waals surface area contributed by atoms with Gasteiger partial charge in [-0.25, -0.2) is 0 Å². The molecule has 0 saturated carbocycles. The smallest absolute Gasteiger partial charge is 0.0935 e. The van der Waals surface area contributed by atoms with Crippen molar-refractivity contribution in [1.82, 2.24) is 4.98 Å². The summed E-state index contributed by atoms with van der Waals surface area (Å²) in [6.07, 6.45) is 2.96. The zero-order chi connectivity index (χ0) is 13.7. The lowest BCUT2D eigenvalue weighted by atomic mass is 10.0. The normalized spacial score (nSPS) is 10.4. The van der Waals surface area contributed by atoms with Crippen molar-refractivity contribution in [2.75, 3.05) is 6.61 Å². The number of hydrogen-bond acceptors (Lipinski definition) is 4. The molecule has 19 heavy (non-hydrogen) atoms. The number of aromatic nitrogens is 1. The average Bonchev–Trinajstić information content (AvgIpc) is 2.45. The molecule has 0 aliphatic heterocycles. The van der Waals surface area contributed by atoms with E-state index >= 15 is 0 Å². The molecule has 0 atom stereocenters. The summed E-state index contributed by atoms with van der Waals surface area (Å²) in [7, 11) is 0. The number of aliphatic hydroxyl groups excluding tert-OH is 1. The van der Waals surface area contributed by atoms with E-state index in [9.17, 15) is 9.90 Å². The largest absolute Gasteiger partial charge is 0.543 e. The van der Waals surface area contributed by atoms with Crippen LogP contribution < -0.4 is 5.11 Å². The van der Waals surface area contributed by atoms with Gasteiger partial charge in [0.15, 0.2) is 0 Å². The van der Waals surface area contributed by atoms with Crippen LogP contribution in [0.15, 0.2) is 42.6 Å². The lowest BCUT2D eigenvalue weighted by Gasteiger charge is -2.09. The zero-order valence-corrected chi connectivity index (χ0v) is 10.4. The van der Waals surface area contributed by atoms with Crippen molar-refractivity contribution in [3.63, 3.8) is 0 Å². The van der Waals surface area contributed by atoms with Crippen LogP contribution in [-0.2, 0) is 6.42 Å². The van der Waals surface area contributed by atoms with Crippen molar-refractivity contribution in [2.24, 2.45) is 0 Å². The molecule has 1 aromatic heterocycles. The summed E-state index contributed by atoms with van der Waals surface area (Å²) in [5, 5.41) is 19.8. The molecule has 4 heteroatoms. The lowest BCUT2D eigenvalue weighted by molar-refractivity contribution is -0.255. The van der Waals surface area contributed by atoms with Gasteiger partial charge in [-0.1, -0.05) is 30.3 Å². The number of carbonyl (C=O) groups excluding carboxylic acids is 1. The Hall–Kier alpha value is -2.20. The van der Waals surface area contributed by atoms with Crippen LogP contribution in [0.3, 0.4) is 0 Å². The molecule has 0 bridgehead atoms. The maximum absolute atomic E-state index is 11.0. The SMILES string of the molecule is O=C([O-])c1ncccc1-c1ccc(CCCO)cc1. The van der Waals surface area contributed by atoms with Gasteiger partial charge in [-0.3, -0.25) is 4.98 Å². The van der Waals surface area contributed by atoms with E-state index < -0.39 is 5.97 Å². The third-order valence-electron chi connectivity index (χ3n) is 2.89. The Morgan fingerprint density at radius 1 is 1.21 bits per heavy atom. The van der Waals surface area contributed by atoms with E-state index in [2.05, 4.69) is 4.98 Å². The fourth-order valence-electron chi connectivity index (χ4n) is 1.94. The van der Waals surface area contributed by atoms with Gasteiger partial charge in [0.1, 0.15) is 0 Å². The number of aliphatic hydroxyl groups is 1. The number of rotatable bonds is 5. The number of carboxylic acids is 1. The van der Waals surface area contributed by atoms with Gasteiger partial charge in [-0.05, 0) is 30.0 Å². The summed E-state index contributed by atoms with van der Waals surface area (Å²) in [5.41, 5.74) is 2.40. The van der Waals surface area contributed by atoms with Crippen LogP contribution in [0.1, 0.15) is 22.5 Å². The van der Waals surface area contributed by atoms with E-state index in [0.717, 1.165) is 24.0 Å². The van der Waals surface area contributed by atoms with Crippen LogP contribution in [0.2, 0.25) is 0 Å². The molecular weight excluding hydrogens is 242 g/mol. The molecular formula is C15H14NO3-. The molecule has 0 aliphatic carbocycles. The standard InChI is InChI=1S/C15H15NO3/c17-10-2-3-11-5-7-12(8-6-11)13-4-1-9-16-14(13)15(18)19/h1,4-9,17H,2-3,10H2,(H,18,19)/p-1. The van der Waals surface area contributed by atoms with Gasteiger partial charge < -0.3 is 15.0 Å². The van der Waals surface area contributed by atoms with Gasteiger partial charge >= 0.3 is 0 Å². The highest BCUT2D eigenvalue weighted by atomic mass is 16.4. The van der Waals surface area contributed by atoms with Crippen LogP contribution in [0.5, 0.6) is 0 Å². The molecule has 0 spiro atoms. The second-order valence-corrected chi connectivity index (χ2v) is 4.21. The van der Waals surface area contributed by atoms with Crippen LogP contribution in [-0.4, -0.2) is 22.7 Å². The van der Waals surface area contributed by atoms with Gasteiger partial charge in [0.2, 0.25) is 0 Å². The molecule has 2 rings (SSSR count). The van der Waals surface area contributed by atoms with Gasteiger partial charge in [-0.15, -0.1) is 0 Å². The molecule has 0 amide bonds. The van der Waals surface area contributed by atoms with E-state index in [-0.39, 0.29) is 12.3 Å². The van der Waals surface area contributed by atoms with E-state index in [0.29, 0.717) is 5.56 Å². The van der Waals surface area contributed by atoms with Crippen molar-refractivity contribution in [3.05, 3.63) is 53.9 Å². The summed E-state index contributed by atoms with van der Waals surface area (Å²) in [5.74, 6) is -1.28. The molecule has 1 heterocycles. The fourth-order valence-corrected chi connectivity index (χ4v) is 1.94. The molecule has 98 valence electrons. The van der Waals surface area contributed by atoms with Gasteiger partial charge in [-0.2, -0.15) is 0 Å². The van der Waals surface area contributed by atoms with Crippen molar-refractivity contribution in [3.8, 4) is 11.1 Å². The number of pyridine rings is 1. The summed E-state index contributed by atoms with van der Waals surface area (Å²) in [6.45, 7) is 0.166. The average molecular weight is 256 g/mol. The number of nitrogens with zero attached hydrogens (tertiary/aromatic N) is 1. The summed E-state index contributed by atoms with van der Waals surface area (Å²) < 4.78 is 0. The van der Waals surface area contributed by atoms with Crippen molar-refractivity contribution in [2.45, 2.75) is 12.8 Å². The number of carboxylic acid groups (broad SMARTS) is 1. The van der Waals surface area contributed by atoms with E-state index in [1.165, 1.54) is 6.20 Å². The van der Waals surface area contributed by atoms with Crippen molar-refractivity contribution >= 4 is 5.97 Å². The number of aryl methyl sites for hydroxylation is 1. The van der Waals surface area contributed by atoms with E-state index in [4.69, 9.17) is 5.11 Å².